The van der Waals surface area contributed by atoms with Crippen molar-refractivity contribution in [1.29, 1.82) is 0 Å². The molecule has 1 N–H and O–H groups in total. The lowest BCUT2D eigenvalue weighted by molar-refractivity contribution is -0.121. The zero-order valence-electron chi connectivity index (χ0n) is 12.1. The lowest BCUT2D eigenvalue weighted by Gasteiger charge is -2.27. The van der Waals surface area contributed by atoms with Gasteiger partial charge in [0.15, 0.2) is 5.78 Å². The second-order valence-corrected chi connectivity index (χ2v) is 6.72. The molecule has 0 aliphatic carbocycles. The van der Waals surface area contributed by atoms with E-state index in [0.29, 0.717) is 6.04 Å². The van der Waals surface area contributed by atoms with Gasteiger partial charge in [0.2, 0.25) is 0 Å². The van der Waals surface area contributed by atoms with Crippen molar-refractivity contribution in [3.8, 4) is 0 Å². The highest BCUT2D eigenvalue weighted by Gasteiger charge is 2.24. The van der Waals surface area contributed by atoms with Gasteiger partial charge in [0.05, 0.1) is 0 Å². The number of nitrogens with one attached hydrogen (secondary N) is 1. The van der Waals surface area contributed by atoms with Gasteiger partial charge in [-0.25, -0.2) is 0 Å². The largest absolute Gasteiger partial charge is 0.386 e. The van der Waals surface area contributed by atoms with Crippen LogP contribution in [0, 0.1) is 10.8 Å². The summed E-state index contributed by atoms with van der Waals surface area (Å²) >= 11 is 0. The molecule has 0 heterocycles. The standard InChI is InChI=1S/C14H27NO/c1-10(2)15-11(13(3,4)5)9-12(16)14(6,7)8/h9-10,15H,1-8H3/b11-9-. The molecule has 0 saturated heterocycles. The molecule has 0 aromatic heterocycles. The molecule has 0 spiro atoms. The van der Waals surface area contributed by atoms with E-state index in [4.69, 9.17) is 0 Å². The molecule has 0 aromatic carbocycles. The van der Waals surface area contributed by atoms with Gasteiger partial charge in [-0.1, -0.05) is 41.5 Å². The molecular weight excluding hydrogens is 198 g/mol. The third kappa shape index (κ3) is 5.34. The van der Waals surface area contributed by atoms with Crippen LogP contribution in [0.15, 0.2) is 11.8 Å². The predicted octanol–water partition coefficient (Wildman–Crippen LogP) is 3.53. The van der Waals surface area contributed by atoms with Crippen LogP contribution in [-0.4, -0.2) is 11.8 Å². The first-order valence-corrected chi connectivity index (χ1v) is 5.97. The van der Waals surface area contributed by atoms with Gasteiger partial charge in [-0.3, -0.25) is 4.79 Å². The van der Waals surface area contributed by atoms with Crippen LogP contribution in [0.2, 0.25) is 0 Å². The molecule has 0 radical (unpaired) electrons. The Balaban J connectivity index is 5.06. The molecule has 2 heteroatoms. The molecule has 0 fully saturated rings. The van der Waals surface area contributed by atoms with Crippen LogP contribution in [0.25, 0.3) is 0 Å². The van der Waals surface area contributed by atoms with E-state index in [1.54, 1.807) is 6.08 Å². The molecule has 0 bridgehead atoms. The quantitative estimate of drug-likeness (QED) is 0.744. The van der Waals surface area contributed by atoms with Crippen molar-refractivity contribution < 1.29 is 4.79 Å². The van der Waals surface area contributed by atoms with Gasteiger partial charge in [-0.15, -0.1) is 0 Å². The summed E-state index contributed by atoms with van der Waals surface area (Å²) in [6.45, 7) is 16.4. The Morgan fingerprint density at radius 1 is 1.00 bits per heavy atom. The second-order valence-electron chi connectivity index (χ2n) is 6.72. The first-order chi connectivity index (χ1) is 6.94. The molecule has 0 unspecified atom stereocenters. The first-order valence-electron chi connectivity index (χ1n) is 5.97. The van der Waals surface area contributed by atoms with Crippen LogP contribution in [0.4, 0.5) is 0 Å². The van der Waals surface area contributed by atoms with Crippen LogP contribution >= 0.6 is 0 Å². The highest BCUT2D eigenvalue weighted by molar-refractivity contribution is 5.94. The van der Waals surface area contributed by atoms with Gasteiger partial charge in [0.1, 0.15) is 0 Å². The Hall–Kier alpha value is -0.790. The van der Waals surface area contributed by atoms with E-state index >= 15 is 0 Å². The molecule has 16 heavy (non-hydrogen) atoms. The van der Waals surface area contributed by atoms with Gasteiger partial charge in [-0.2, -0.15) is 0 Å². The highest BCUT2D eigenvalue weighted by Crippen LogP contribution is 2.25. The van der Waals surface area contributed by atoms with E-state index in [9.17, 15) is 4.79 Å². The van der Waals surface area contributed by atoms with Gasteiger partial charge in [0, 0.05) is 28.6 Å². The smallest absolute Gasteiger partial charge is 0.162 e. The highest BCUT2D eigenvalue weighted by atomic mass is 16.1. The summed E-state index contributed by atoms with van der Waals surface area (Å²) in [4.78, 5) is 12.0. The minimum atomic E-state index is -0.310. The Labute approximate surface area is 101 Å². The number of carbonyl (C=O) groups excluding carboxylic acids is 1. The van der Waals surface area contributed by atoms with E-state index in [1.807, 2.05) is 20.8 Å². The molecule has 0 amide bonds. The zero-order valence-corrected chi connectivity index (χ0v) is 12.1. The van der Waals surface area contributed by atoms with Crippen molar-refractivity contribution in [2.45, 2.75) is 61.4 Å². The fourth-order valence-corrected chi connectivity index (χ4v) is 1.13. The third-order valence-electron chi connectivity index (χ3n) is 2.27. The zero-order chi connectivity index (χ0) is 13.1. The lowest BCUT2D eigenvalue weighted by atomic mass is 9.85. The SMILES string of the molecule is CC(C)N/C(=C\C(=O)C(C)(C)C)C(C)(C)C. The van der Waals surface area contributed by atoms with Crippen LogP contribution in [0.5, 0.6) is 0 Å². The summed E-state index contributed by atoms with van der Waals surface area (Å²) in [5.74, 6) is 0.172. The summed E-state index contributed by atoms with van der Waals surface area (Å²) in [5.41, 5.74) is 0.683. The van der Waals surface area contributed by atoms with E-state index < -0.39 is 0 Å². The maximum atomic E-state index is 12.0. The molecule has 0 aromatic rings. The summed E-state index contributed by atoms with van der Waals surface area (Å²) in [6, 6.07) is 0.346. The number of rotatable bonds is 3. The Morgan fingerprint density at radius 3 is 1.69 bits per heavy atom. The van der Waals surface area contributed by atoms with Crippen molar-refractivity contribution in [2.24, 2.45) is 10.8 Å². The normalized spacial score (nSPS) is 14.2. The average molecular weight is 225 g/mol. The van der Waals surface area contributed by atoms with Crippen LogP contribution < -0.4 is 5.32 Å². The molecule has 0 aliphatic rings. The van der Waals surface area contributed by atoms with Crippen molar-refractivity contribution in [2.75, 3.05) is 0 Å². The van der Waals surface area contributed by atoms with E-state index in [1.165, 1.54) is 0 Å². The molecular formula is C14H27NO. The number of carbonyl (C=O) groups is 1. The summed E-state index contributed by atoms with van der Waals surface area (Å²) in [6.07, 6.45) is 1.76. The number of hydrogen-bond acceptors (Lipinski definition) is 2. The fraction of sp³-hybridized carbons (Fsp3) is 0.786. The third-order valence-corrected chi connectivity index (χ3v) is 2.27. The fourth-order valence-electron chi connectivity index (χ4n) is 1.13. The van der Waals surface area contributed by atoms with Gasteiger partial charge < -0.3 is 5.32 Å². The summed E-state index contributed by atoms with van der Waals surface area (Å²) in [7, 11) is 0. The molecule has 0 aliphatic heterocycles. The molecule has 0 atom stereocenters. The molecule has 2 nitrogen and oxygen atoms in total. The Kier molecular flexibility index (Phi) is 4.78. The van der Waals surface area contributed by atoms with Crippen molar-refractivity contribution in [1.82, 2.24) is 5.32 Å². The van der Waals surface area contributed by atoms with Gasteiger partial charge in [-0.05, 0) is 13.8 Å². The minimum absolute atomic E-state index is 0.0226. The monoisotopic (exact) mass is 225 g/mol. The molecule has 0 saturated carbocycles. The summed E-state index contributed by atoms with van der Waals surface area (Å²) < 4.78 is 0. The van der Waals surface area contributed by atoms with Crippen LogP contribution in [0.3, 0.4) is 0 Å². The summed E-state index contributed by atoms with van der Waals surface area (Å²) in [5, 5.41) is 3.36. The maximum Gasteiger partial charge on any atom is 0.162 e. The van der Waals surface area contributed by atoms with Crippen LogP contribution in [-0.2, 0) is 4.79 Å². The van der Waals surface area contributed by atoms with E-state index in [0.717, 1.165) is 5.70 Å². The van der Waals surface area contributed by atoms with E-state index in [2.05, 4.69) is 39.9 Å². The van der Waals surface area contributed by atoms with Crippen molar-refractivity contribution in [3.05, 3.63) is 11.8 Å². The van der Waals surface area contributed by atoms with Crippen molar-refractivity contribution >= 4 is 5.78 Å². The topological polar surface area (TPSA) is 29.1 Å². The van der Waals surface area contributed by atoms with Crippen LogP contribution in [0.1, 0.15) is 55.4 Å². The van der Waals surface area contributed by atoms with E-state index in [-0.39, 0.29) is 16.6 Å². The Morgan fingerprint density at radius 2 is 1.44 bits per heavy atom. The number of ketones is 1. The maximum absolute atomic E-state index is 12.0. The number of allylic oxidation sites excluding steroid dienone is 2. The minimum Gasteiger partial charge on any atom is -0.386 e. The average Bonchev–Trinajstić information content (AvgIpc) is 1.98. The molecule has 94 valence electrons. The lowest BCUT2D eigenvalue weighted by Crippen LogP contribution is -2.32. The first kappa shape index (κ1) is 15.2. The predicted molar refractivity (Wildman–Crippen MR) is 70.3 cm³/mol. The second kappa shape index (κ2) is 5.03. The molecule has 0 rings (SSSR count). The Bertz CT molecular complexity index is 274. The van der Waals surface area contributed by atoms with Gasteiger partial charge in [0.25, 0.3) is 0 Å². The van der Waals surface area contributed by atoms with Crippen molar-refractivity contribution in [3.63, 3.8) is 0 Å². The number of hydrogen-bond donors (Lipinski definition) is 1. The van der Waals surface area contributed by atoms with Gasteiger partial charge >= 0.3 is 0 Å².